The monoisotopic (exact) mass is 427 g/mol. The average molecular weight is 428 g/mol. The zero-order valence-corrected chi connectivity index (χ0v) is 17.6. The maximum Gasteiger partial charge on any atom is 0.337 e. The van der Waals surface area contributed by atoms with Crippen molar-refractivity contribution in [1.82, 2.24) is 10.6 Å². The zero-order valence-electron chi connectivity index (χ0n) is 16.8. The van der Waals surface area contributed by atoms with E-state index in [1.807, 2.05) is 36.0 Å². The van der Waals surface area contributed by atoms with Gasteiger partial charge in [-0.15, -0.1) is 0 Å². The van der Waals surface area contributed by atoms with Gasteiger partial charge in [-0.3, -0.25) is 4.79 Å². The molecule has 0 saturated carbocycles. The standard InChI is InChI=1S/C22H25N3O4S/c1-29-21(27)15-7-6-14-11-16(9-8-13(14)10-15)23-19(26)5-3-2-4-18-20-17(12-30-18)24-22(28)25-20/h6-11,17-18,20H,2-5,12H2,1H3,(H,23,26)(H2,24,25,28)/t17-,18+,20+/m1/s1. The van der Waals surface area contributed by atoms with Crippen molar-refractivity contribution in [1.29, 1.82) is 0 Å². The normalized spacial score (nSPS) is 22.3. The predicted molar refractivity (Wildman–Crippen MR) is 118 cm³/mol. The van der Waals surface area contributed by atoms with Crippen molar-refractivity contribution in [3.63, 3.8) is 0 Å². The maximum absolute atomic E-state index is 12.3. The number of ether oxygens (including phenoxy) is 1. The first kappa shape index (κ1) is 20.5. The molecule has 2 fully saturated rings. The van der Waals surface area contributed by atoms with Crippen LogP contribution in [0.25, 0.3) is 10.8 Å². The van der Waals surface area contributed by atoms with Crippen LogP contribution in [0.4, 0.5) is 10.5 Å². The van der Waals surface area contributed by atoms with E-state index in [0.29, 0.717) is 17.2 Å². The smallest absolute Gasteiger partial charge is 0.337 e. The molecule has 7 nitrogen and oxygen atoms in total. The third-order valence-electron chi connectivity index (χ3n) is 5.63. The first-order chi connectivity index (χ1) is 14.5. The van der Waals surface area contributed by atoms with Crippen molar-refractivity contribution in [2.75, 3.05) is 18.2 Å². The highest BCUT2D eigenvalue weighted by atomic mass is 32.2. The molecule has 3 atom stereocenters. The molecule has 2 aliphatic heterocycles. The van der Waals surface area contributed by atoms with Gasteiger partial charge in [-0.25, -0.2) is 9.59 Å². The van der Waals surface area contributed by atoms with Crippen LogP contribution in [-0.4, -0.2) is 48.1 Å². The van der Waals surface area contributed by atoms with Crippen LogP contribution >= 0.6 is 11.8 Å². The van der Waals surface area contributed by atoms with E-state index in [0.717, 1.165) is 41.5 Å². The lowest BCUT2D eigenvalue weighted by molar-refractivity contribution is -0.116. The van der Waals surface area contributed by atoms with Gasteiger partial charge in [0, 0.05) is 23.1 Å². The SMILES string of the molecule is COC(=O)c1ccc2cc(NC(=O)CCCC[C@@H]3SC[C@H]4NC(=O)N[C@H]34)ccc2c1. The predicted octanol–water partition coefficient (Wildman–Crippen LogP) is 3.29. The van der Waals surface area contributed by atoms with Gasteiger partial charge in [-0.05, 0) is 47.9 Å². The number of methoxy groups -OCH3 is 1. The second-order valence-corrected chi connectivity index (χ2v) is 8.96. The van der Waals surface area contributed by atoms with E-state index in [2.05, 4.69) is 16.0 Å². The molecule has 0 aromatic heterocycles. The molecule has 2 aliphatic rings. The number of fused-ring (bicyclic) bond motifs is 2. The molecule has 158 valence electrons. The van der Waals surface area contributed by atoms with Gasteiger partial charge in [0.05, 0.1) is 24.8 Å². The van der Waals surface area contributed by atoms with Crippen molar-refractivity contribution in [2.45, 2.75) is 43.0 Å². The van der Waals surface area contributed by atoms with Crippen LogP contribution in [0.5, 0.6) is 0 Å². The number of carbonyl (C=O) groups is 3. The van der Waals surface area contributed by atoms with Gasteiger partial charge in [0.1, 0.15) is 0 Å². The van der Waals surface area contributed by atoms with Crippen molar-refractivity contribution in [2.24, 2.45) is 0 Å². The topological polar surface area (TPSA) is 96.5 Å². The van der Waals surface area contributed by atoms with Crippen LogP contribution in [-0.2, 0) is 9.53 Å². The lowest BCUT2D eigenvalue weighted by Gasteiger charge is -2.16. The minimum absolute atomic E-state index is 0.00619. The number of benzene rings is 2. The summed E-state index contributed by atoms with van der Waals surface area (Å²) in [6, 6.07) is 11.4. The number of unbranched alkanes of at least 4 members (excludes halogenated alkanes) is 1. The minimum atomic E-state index is -0.368. The van der Waals surface area contributed by atoms with Gasteiger partial charge in [0.15, 0.2) is 0 Å². The molecular formula is C22H25N3O4S. The maximum atomic E-state index is 12.3. The lowest BCUT2D eigenvalue weighted by atomic mass is 10.0. The summed E-state index contributed by atoms with van der Waals surface area (Å²) in [7, 11) is 1.36. The Bertz CT molecular complexity index is 980. The van der Waals surface area contributed by atoms with Gasteiger partial charge in [0.25, 0.3) is 0 Å². The van der Waals surface area contributed by atoms with Crippen molar-refractivity contribution in [3.05, 3.63) is 42.0 Å². The molecular weight excluding hydrogens is 402 g/mol. The van der Waals surface area contributed by atoms with E-state index in [1.54, 1.807) is 12.1 Å². The highest BCUT2D eigenvalue weighted by Crippen LogP contribution is 2.33. The number of hydrogen-bond donors (Lipinski definition) is 3. The van der Waals surface area contributed by atoms with Gasteiger partial charge in [-0.2, -0.15) is 11.8 Å². The number of thioether (sulfide) groups is 1. The Kier molecular flexibility index (Phi) is 6.13. The molecule has 0 radical (unpaired) electrons. The summed E-state index contributed by atoms with van der Waals surface area (Å²) < 4.78 is 4.75. The first-order valence-electron chi connectivity index (χ1n) is 10.1. The molecule has 0 bridgehead atoms. The van der Waals surface area contributed by atoms with Crippen LogP contribution < -0.4 is 16.0 Å². The van der Waals surface area contributed by atoms with Crippen LogP contribution in [0.2, 0.25) is 0 Å². The average Bonchev–Trinajstić information content (AvgIpc) is 3.29. The molecule has 2 saturated heterocycles. The summed E-state index contributed by atoms with van der Waals surface area (Å²) in [5.74, 6) is 0.582. The van der Waals surface area contributed by atoms with Gasteiger partial charge >= 0.3 is 12.0 Å². The molecule has 4 rings (SSSR count). The van der Waals surface area contributed by atoms with Crippen LogP contribution in [0, 0.1) is 0 Å². The largest absolute Gasteiger partial charge is 0.465 e. The molecule has 30 heavy (non-hydrogen) atoms. The third kappa shape index (κ3) is 4.53. The van der Waals surface area contributed by atoms with E-state index >= 15 is 0 Å². The van der Waals surface area contributed by atoms with Crippen LogP contribution in [0.15, 0.2) is 36.4 Å². The fraction of sp³-hybridized carbons (Fsp3) is 0.409. The molecule has 3 N–H and O–H groups in total. The minimum Gasteiger partial charge on any atom is -0.465 e. The molecule has 2 heterocycles. The summed E-state index contributed by atoms with van der Waals surface area (Å²) in [5.41, 5.74) is 1.24. The Balaban J connectivity index is 1.24. The molecule has 3 amide bonds. The quantitative estimate of drug-likeness (QED) is 0.358. The van der Waals surface area contributed by atoms with Gasteiger partial charge in [-0.1, -0.05) is 18.6 Å². The van der Waals surface area contributed by atoms with E-state index < -0.39 is 0 Å². The molecule has 0 unspecified atom stereocenters. The molecule has 2 aromatic carbocycles. The van der Waals surface area contributed by atoms with E-state index in [4.69, 9.17) is 4.74 Å². The summed E-state index contributed by atoms with van der Waals surface area (Å²) in [6.07, 6.45) is 3.24. The fourth-order valence-corrected chi connectivity index (χ4v) is 5.61. The number of urea groups is 1. The number of hydrogen-bond acceptors (Lipinski definition) is 5. The highest BCUT2D eigenvalue weighted by Gasteiger charge is 2.42. The number of nitrogens with one attached hydrogen (secondary N) is 3. The van der Waals surface area contributed by atoms with E-state index in [1.165, 1.54) is 7.11 Å². The Morgan fingerprint density at radius 3 is 2.77 bits per heavy atom. The zero-order chi connectivity index (χ0) is 21.1. The molecule has 2 aromatic rings. The highest BCUT2D eigenvalue weighted by molar-refractivity contribution is 8.00. The number of anilines is 1. The fourth-order valence-electron chi connectivity index (χ4n) is 4.07. The molecule has 8 heteroatoms. The molecule has 0 spiro atoms. The Hall–Kier alpha value is -2.74. The molecule has 0 aliphatic carbocycles. The third-order valence-corrected chi connectivity index (χ3v) is 7.13. The number of carbonyl (C=O) groups excluding carboxylic acids is 3. The van der Waals surface area contributed by atoms with Gasteiger partial charge < -0.3 is 20.7 Å². The van der Waals surface area contributed by atoms with Crippen molar-refractivity contribution < 1.29 is 19.1 Å². The lowest BCUT2D eigenvalue weighted by Crippen LogP contribution is -2.36. The van der Waals surface area contributed by atoms with Crippen LogP contribution in [0.1, 0.15) is 36.0 Å². The Morgan fingerprint density at radius 2 is 1.93 bits per heavy atom. The summed E-state index contributed by atoms with van der Waals surface area (Å²) in [6.45, 7) is 0. The van der Waals surface area contributed by atoms with Crippen LogP contribution in [0.3, 0.4) is 0 Å². The summed E-state index contributed by atoms with van der Waals surface area (Å²) >= 11 is 1.90. The number of rotatable bonds is 7. The summed E-state index contributed by atoms with van der Waals surface area (Å²) in [5, 5.41) is 11.2. The van der Waals surface area contributed by atoms with Crippen molar-refractivity contribution >= 4 is 46.1 Å². The number of amides is 3. The van der Waals surface area contributed by atoms with Crippen molar-refractivity contribution in [3.8, 4) is 0 Å². The number of esters is 1. The first-order valence-corrected chi connectivity index (χ1v) is 11.2. The van der Waals surface area contributed by atoms with E-state index in [-0.39, 0.29) is 30.0 Å². The van der Waals surface area contributed by atoms with Gasteiger partial charge in [0.2, 0.25) is 5.91 Å². The second-order valence-electron chi connectivity index (χ2n) is 7.68. The summed E-state index contributed by atoms with van der Waals surface area (Å²) in [4.78, 5) is 35.4. The van der Waals surface area contributed by atoms with E-state index in [9.17, 15) is 14.4 Å². The Morgan fingerprint density at radius 1 is 1.13 bits per heavy atom. The Labute approximate surface area is 179 Å². The second kappa shape index (κ2) is 8.95.